The monoisotopic (exact) mass is 353 g/mol. The first kappa shape index (κ1) is 16.8. The number of piperidine rings is 1. The number of carbonyl (C=O) groups excluding carboxylic acids is 2. The molecule has 7 heteroatoms. The van der Waals surface area contributed by atoms with Gasteiger partial charge < -0.3 is 15.1 Å². The molecule has 26 heavy (non-hydrogen) atoms. The Kier molecular flexibility index (Phi) is 4.01. The summed E-state index contributed by atoms with van der Waals surface area (Å²) < 4.78 is 0. The van der Waals surface area contributed by atoms with Crippen molar-refractivity contribution in [1.29, 1.82) is 0 Å². The van der Waals surface area contributed by atoms with Crippen LogP contribution in [0.25, 0.3) is 11.0 Å². The summed E-state index contributed by atoms with van der Waals surface area (Å²) in [4.78, 5) is 37.7. The first-order chi connectivity index (χ1) is 12.4. The van der Waals surface area contributed by atoms with Crippen LogP contribution in [0.15, 0.2) is 18.2 Å². The lowest BCUT2D eigenvalue weighted by molar-refractivity contribution is -0.138. The maximum Gasteiger partial charge on any atom is 0.321 e. The molecule has 136 valence electrons. The normalized spacial score (nSPS) is 22.7. The number of carbonyl (C=O) groups is 2. The highest BCUT2D eigenvalue weighted by atomic mass is 16.2. The SMILES string of the molecule is Cc1nc2ccc(NC(=O)N3C[C@H]4CC[C@@H](C3)N(C)C4=O)cc2nc1C. The second-order valence-corrected chi connectivity index (χ2v) is 7.31. The van der Waals surface area contributed by atoms with Gasteiger partial charge >= 0.3 is 6.03 Å². The number of fused-ring (bicyclic) bond motifs is 5. The Morgan fingerprint density at radius 3 is 2.62 bits per heavy atom. The molecule has 0 aliphatic carbocycles. The van der Waals surface area contributed by atoms with E-state index in [1.807, 2.05) is 39.1 Å². The standard InChI is InChI=1S/C19H23N5O2/c1-11-12(2)21-17-8-14(5-7-16(17)20-11)22-19(26)24-9-13-4-6-15(10-24)23(3)18(13)25/h5,7-8,13,15H,4,6,9-10H2,1-3H3,(H,22,26)/t13-,15+/m1/s1. The van der Waals surface area contributed by atoms with Crippen molar-refractivity contribution in [3.63, 3.8) is 0 Å². The molecule has 0 saturated carbocycles. The molecule has 4 heterocycles. The molecule has 3 aliphatic rings. The Bertz CT molecular complexity index is 897. The Morgan fingerprint density at radius 1 is 1.12 bits per heavy atom. The van der Waals surface area contributed by atoms with E-state index in [0.717, 1.165) is 35.3 Å². The summed E-state index contributed by atoms with van der Waals surface area (Å²) in [7, 11) is 1.84. The quantitative estimate of drug-likeness (QED) is 0.853. The number of hydrogen-bond donors (Lipinski definition) is 1. The number of hydrogen-bond acceptors (Lipinski definition) is 4. The van der Waals surface area contributed by atoms with Crippen LogP contribution >= 0.6 is 0 Å². The van der Waals surface area contributed by atoms with Gasteiger partial charge in [-0.3, -0.25) is 4.79 Å². The molecular weight excluding hydrogens is 330 g/mol. The smallest absolute Gasteiger partial charge is 0.321 e. The third-order valence-electron chi connectivity index (χ3n) is 5.58. The van der Waals surface area contributed by atoms with Gasteiger partial charge in [0.15, 0.2) is 0 Å². The van der Waals surface area contributed by atoms with E-state index in [-0.39, 0.29) is 23.9 Å². The number of nitrogens with one attached hydrogen (secondary N) is 1. The fraction of sp³-hybridized carbons (Fsp3) is 0.474. The van der Waals surface area contributed by atoms with Crippen LogP contribution < -0.4 is 5.32 Å². The Balaban J connectivity index is 1.54. The van der Waals surface area contributed by atoms with Crippen LogP contribution in [-0.4, -0.2) is 57.9 Å². The number of aromatic nitrogens is 2. The molecule has 3 aliphatic heterocycles. The minimum atomic E-state index is -0.166. The number of anilines is 1. The summed E-state index contributed by atoms with van der Waals surface area (Å²) in [5, 5.41) is 2.95. The lowest BCUT2D eigenvalue weighted by Crippen LogP contribution is -2.45. The van der Waals surface area contributed by atoms with Crippen molar-refractivity contribution in [3.05, 3.63) is 29.6 Å². The average Bonchev–Trinajstić information content (AvgIpc) is 2.90. The zero-order valence-electron chi connectivity index (χ0n) is 15.3. The summed E-state index contributed by atoms with van der Waals surface area (Å²) in [6.45, 7) is 4.92. The molecule has 2 bridgehead atoms. The highest BCUT2D eigenvalue weighted by Crippen LogP contribution is 2.28. The van der Waals surface area contributed by atoms with Gasteiger partial charge in [-0.05, 0) is 44.9 Å². The highest BCUT2D eigenvalue weighted by molar-refractivity contribution is 5.92. The van der Waals surface area contributed by atoms with E-state index >= 15 is 0 Å². The molecule has 2 atom stereocenters. The molecule has 1 aromatic heterocycles. The molecule has 7 nitrogen and oxygen atoms in total. The number of benzene rings is 1. The molecule has 3 saturated heterocycles. The molecular formula is C19H23N5O2. The minimum Gasteiger partial charge on any atom is -0.341 e. The van der Waals surface area contributed by atoms with Crippen LogP contribution in [0.1, 0.15) is 24.2 Å². The maximum absolute atomic E-state index is 12.8. The van der Waals surface area contributed by atoms with Crippen molar-refractivity contribution in [2.75, 3.05) is 25.5 Å². The predicted octanol–water partition coefficient (Wildman–Crippen LogP) is 2.33. The molecule has 3 fully saturated rings. The Morgan fingerprint density at radius 2 is 1.85 bits per heavy atom. The third-order valence-corrected chi connectivity index (χ3v) is 5.58. The van der Waals surface area contributed by atoms with Gasteiger partial charge in [0.25, 0.3) is 0 Å². The van der Waals surface area contributed by atoms with Crippen LogP contribution in [-0.2, 0) is 4.79 Å². The maximum atomic E-state index is 12.8. The van der Waals surface area contributed by atoms with Gasteiger partial charge in [0.1, 0.15) is 0 Å². The van der Waals surface area contributed by atoms with E-state index < -0.39 is 0 Å². The van der Waals surface area contributed by atoms with Crippen LogP contribution in [0, 0.1) is 19.8 Å². The van der Waals surface area contributed by atoms with Crippen molar-refractivity contribution in [3.8, 4) is 0 Å². The molecule has 0 radical (unpaired) electrons. The van der Waals surface area contributed by atoms with Crippen LogP contribution in [0.2, 0.25) is 0 Å². The zero-order chi connectivity index (χ0) is 18.4. The van der Waals surface area contributed by atoms with E-state index in [9.17, 15) is 9.59 Å². The number of amides is 3. The van der Waals surface area contributed by atoms with Crippen LogP contribution in [0.3, 0.4) is 0 Å². The molecule has 2 aromatic rings. The number of aryl methyl sites for hydroxylation is 2. The minimum absolute atomic E-state index is 0.0856. The van der Waals surface area contributed by atoms with Gasteiger partial charge in [-0.25, -0.2) is 14.8 Å². The molecule has 5 rings (SSSR count). The highest BCUT2D eigenvalue weighted by Gasteiger charge is 2.40. The van der Waals surface area contributed by atoms with Crippen molar-refractivity contribution < 1.29 is 9.59 Å². The first-order valence-electron chi connectivity index (χ1n) is 9.00. The summed E-state index contributed by atoms with van der Waals surface area (Å²) in [6, 6.07) is 5.50. The van der Waals surface area contributed by atoms with Crippen LogP contribution in [0.4, 0.5) is 10.5 Å². The van der Waals surface area contributed by atoms with E-state index in [2.05, 4.69) is 15.3 Å². The molecule has 3 amide bonds. The summed E-state index contributed by atoms with van der Waals surface area (Å²) in [6.07, 6.45) is 1.82. The lowest BCUT2D eigenvalue weighted by Gasteiger charge is -2.32. The summed E-state index contributed by atoms with van der Waals surface area (Å²) in [5.41, 5.74) is 4.05. The summed E-state index contributed by atoms with van der Waals surface area (Å²) in [5.74, 6) is 0.0703. The number of rotatable bonds is 1. The summed E-state index contributed by atoms with van der Waals surface area (Å²) >= 11 is 0. The van der Waals surface area contributed by atoms with Crippen LogP contribution in [0.5, 0.6) is 0 Å². The predicted molar refractivity (Wildman–Crippen MR) is 98.9 cm³/mol. The van der Waals surface area contributed by atoms with E-state index in [4.69, 9.17) is 0 Å². The Labute approximate surface area is 152 Å². The fourth-order valence-corrected chi connectivity index (χ4v) is 3.83. The molecule has 1 aromatic carbocycles. The van der Waals surface area contributed by atoms with Gasteiger partial charge in [-0.15, -0.1) is 0 Å². The van der Waals surface area contributed by atoms with Gasteiger partial charge in [-0.2, -0.15) is 0 Å². The Hall–Kier alpha value is -2.70. The van der Waals surface area contributed by atoms with Crippen molar-refractivity contribution >= 4 is 28.7 Å². The van der Waals surface area contributed by atoms with Gasteiger partial charge in [0.2, 0.25) is 5.91 Å². The molecule has 1 N–H and O–H groups in total. The van der Waals surface area contributed by atoms with E-state index in [1.54, 1.807) is 9.80 Å². The van der Waals surface area contributed by atoms with Gasteiger partial charge in [-0.1, -0.05) is 0 Å². The lowest BCUT2D eigenvalue weighted by atomic mass is 9.95. The first-order valence-corrected chi connectivity index (χ1v) is 9.00. The number of nitrogens with zero attached hydrogens (tertiary/aromatic N) is 4. The van der Waals surface area contributed by atoms with Crippen molar-refractivity contribution in [2.45, 2.75) is 32.7 Å². The average molecular weight is 353 g/mol. The van der Waals surface area contributed by atoms with Crippen molar-refractivity contribution in [2.24, 2.45) is 5.92 Å². The second-order valence-electron chi connectivity index (χ2n) is 7.31. The number of likely N-dealkylation sites (N-methyl/N-ethyl adjacent to an activating group) is 1. The number of urea groups is 1. The molecule has 0 unspecified atom stereocenters. The second kappa shape index (κ2) is 6.23. The third kappa shape index (κ3) is 2.87. The van der Waals surface area contributed by atoms with Crippen molar-refractivity contribution in [1.82, 2.24) is 19.8 Å². The fourth-order valence-electron chi connectivity index (χ4n) is 3.83. The molecule has 0 spiro atoms. The van der Waals surface area contributed by atoms with Gasteiger partial charge in [0, 0.05) is 31.9 Å². The largest absolute Gasteiger partial charge is 0.341 e. The van der Waals surface area contributed by atoms with E-state index in [1.165, 1.54) is 0 Å². The zero-order valence-corrected chi connectivity index (χ0v) is 15.3. The van der Waals surface area contributed by atoms with Gasteiger partial charge in [0.05, 0.1) is 28.3 Å². The topological polar surface area (TPSA) is 78.4 Å². The van der Waals surface area contributed by atoms with E-state index in [0.29, 0.717) is 18.8 Å².